The van der Waals surface area contributed by atoms with Gasteiger partial charge in [-0.15, -0.1) is 18.2 Å². The Morgan fingerprint density at radius 3 is 2.79 bits per heavy atom. The van der Waals surface area contributed by atoms with Crippen molar-refractivity contribution < 1.29 is 9.53 Å². The molecule has 1 atom stereocenters. The van der Waals surface area contributed by atoms with Crippen LogP contribution in [0.25, 0.3) is 10.9 Å². The van der Waals surface area contributed by atoms with Crippen LogP contribution in [-0.4, -0.2) is 27.6 Å². The Hall–Kier alpha value is -2.56. The maximum absolute atomic E-state index is 12.5. The number of ether oxygens (including phenoxy) is 1. The number of carbonyl (C=O) groups excluding carboxylic acids is 1. The molecule has 0 aliphatic carbocycles. The van der Waals surface area contributed by atoms with Crippen molar-refractivity contribution in [3.8, 4) is 18.1 Å². The minimum Gasteiger partial charge on any atom is -0.470 e. The molecule has 2 aromatic rings. The molecule has 1 amide bonds. The zero-order valence-electron chi connectivity index (χ0n) is 16.3. The van der Waals surface area contributed by atoms with Crippen LogP contribution in [0.15, 0.2) is 42.2 Å². The second kappa shape index (κ2) is 9.09. The number of nitrogens with two attached hydrogens (primary N) is 1. The van der Waals surface area contributed by atoms with Gasteiger partial charge in [-0.25, -0.2) is 0 Å². The van der Waals surface area contributed by atoms with Gasteiger partial charge in [-0.2, -0.15) is 0 Å². The molecule has 28 heavy (non-hydrogen) atoms. The Bertz CT molecular complexity index is 977. The van der Waals surface area contributed by atoms with Crippen molar-refractivity contribution >= 4 is 45.8 Å². The number of amides is 1. The summed E-state index contributed by atoms with van der Waals surface area (Å²) in [5.41, 5.74) is 6.89. The molecule has 1 unspecified atom stereocenters. The quantitative estimate of drug-likeness (QED) is 0.410. The third kappa shape index (κ3) is 5.03. The molecule has 0 aliphatic rings. The molecule has 0 spiro atoms. The lowest BCUT2D eigenvalue weighted by Crippen LogP contribution is -2.35. The Kier molecular flexibility index (Phi) is 7.05. The van der Waals surface area contributed by atoms with Gasteiger partial charge in [0.15, 0.2) is 0 Å². The number of hydrogen-bond donors (Lipinski definition) is 2. The second-order valence-corrected chi connectivity index (χ2v) is 8.07. The molecule has 5 nitrogen and oxygen atoms in total. The summed E-state index contributed by atoms with van der Waals surface area (Å²) in [6.07, 6.45) is 10.5. The number of hydrogen-bond acceptors (Lipinski definition) is 5. The highest BCUT2D eigenvalue weighted by molar-refractivity contribution is 7.99. The van der Waals surface area contributed by atoms with Crippen molar-refractivity contribution in [2.45, 2.75) is 26.2 Å². The van der Waals surface area contributed by atoms with Crippen molar-refractivity contribution in [3.05, 3.63) is 47.8 Å². The van der Waals surface area contributed by atoms with Crippen LogP contribution in [0.1, 0.15) is 26.3 Å². The number of aromatic nitrogens is 1. The summed E-state index contributed by atoms with van der Waals surface area (Å²) in [5, 5.41) is 3.62. The lowest BCUT2D eigenvalue weighted by atomic mass is 9.86. The number of pyridine rings is 1. The van der Waals surface area contributed by atoms with Crippen LogP contribution in [0.4, 0.5) is 0 Å². The predicted molar refractivity (Wildman–Crippen MR) is 120 cm³/mol. The first-order chi connectivity index (χ1) is 13.2. The number of benzene rings is 1. The Balaban J connectivity index is 2.15. The zero-order valence-corrected chi connectivity index (χ0v) is 17.9. The van der Waals surface area contributed by atoms with E-state index in [-0.39, 0.29) is 5.91 Å². The van der Waals surface area contributed by atoms with Crippen LogP contribution in [0, 0.1) is 17.8 Å². The van der Waals surface area contributed by atoms with E-state index in [0.29, 0.717) is 16.3 Å². The summed E-state index contributed by atoms with van der Waals surface area (Å²) in [4.78, 5) is 17.2. The van der Waals surface area contributed by atoms with Gasteiger partial charge in [-0.3, -0.25) is 9.78 Å². The predicted octanol–water partition coefficient (Wildman–Crippen LogP) is 3.62. The van der Waals surface area contributed by atoms with E-state index < -0.39 is 10.9 Å². The number of nitrogens with one attached hydrogen (secondary N) is 1. The standard InChI is InChI=1S/C21H23N3O2S2/c1-6-14-9-15-10-16(7-8-17(15)23-12-14)26-19(28-5)18(25)24-11-13(2)21(3,4)20(22)27/h1,7-12,19H,2-5H3,(H2,22,27)(H,24,25). The lowest BCUT2D eigenvalue weighted by Gasteiger charge is -2.24. The van der Waals surface area contributed by atoms with Gasteiger partial charge >= 0.3 is 0 Å². The number of nitrogens with zero attached hydrogens (tertiary/aromatic N) is 1. The van der Waals surface area contributed by atoms with Crippen molar-refractivity contribution in [2.24, 2.45) is 11.1 Å². The first-order valence-corrected chi connectivity index (χ1v) is 10.2. The van der Waals surface area contributed by atoms with E-state index in [4.69, 9.17) is 29.1 Å². The fraction of sp³-hybridized carbons (Fsp3) is 0.286. The highest BCUT2D eigenvalue weighted by Crippen LogP contribution is 2.26. The van der Waals surface area contributed by atoms with Gasteiger partial charge in [-0.05, 0) is 56.9 Å². The molecule has 7 heteroatoms. The molecule has 0 aliphatic heterocycles. The number of thiocarbonyl (C=S) groups is 1. The highest BCUT2D eigenvalue weighted by atomic mass is 32.2. The molecule has 3 N–H and O–H groups in total. The zero-order chi connectivity index (χ0) is 20.9. The summed E-state index contributed by atoms with van der Waals surface area (Å²) in [7, 11) is 0. The largest absolute Gasteiger partial charge is 0.470 e. The Morgan fingerprint density at radius 1 is 1.46 bits per heavy atom. The third-order valence-electron chi connectivity index (χ3n) is 4.52. The average Bonchev–Trinajstić information content (AvgIpc) is 2.68. The molecule has 0 saturated heterocycles. The maximum atomic E-state index is 12.5. The maximum Gasteiger partial charge on any atom is 0.275 e. The summed E-state index contributed by atoms with van der Waals surface area (Å²) < 4.78 is 5.86. The molecular weight excluding hydrogens is 390 g/mol. The molecular formula is C21H23N3O2S2. The molecule has 1 aromatic carbocycles. The minimum absolute atomic E-state index is 0.277. The van der Waals surface area contributed by atoms with Gasteiger partial charge in [-0.1, -0.05) is 18.1 Å². The fourth-order valence-corrected chi connectivity index (χ4v) is 2.87. The van der Waals surface area contributed by atoms with Gasteiger partial charge in [0.25, 0.3) is 5.91 Å². The van der Waals surface area contributed by atoms with Crippen LogP contribution in [-0.2, 0) is 4.79 Å². The Labute approximate surface area is 175 Å². The van der Waals surface area contributed by atoms with Crippen molar-refractivity contribution in [3.63, 3.8) is 0 Å². The number of fused-ring (bicyclic) bond motifs is 1. The van der Waals surface area contributed by atoms with E-state index in [1.165, 1.54) is 11.8 Å². The monoisotopic (exact) mass is 413 g/mol. The molecule has 0 fully saturated rings. The van der Waals surface area contributed by atoms with E-state index >= 15 is 0 Å². The van der Waals surface area contributed by atoms with Gasteiger partial charge in [0.1, 0.15) is 5.75 Å². The molecule has 0 radical (unpaired) electrons. The van der Waals surface area contributed by atoms with Crippen molar-refractivity contribution in [1.82, 2.24) is 10.3 Å². The average molecular weight is 414 g/mol. The van der Waals surface area contributed by atoms with Crippen molar-refractivity contribution in [2.75, 3.05) is 6.26 Å². The third-order valence-corrected chi connectivity index (χ3v) is 5.77. The van der Waals surface area contributed by atoms with Gasteiger partial charge in [0.05, 0.1) is 10.5 Å². The number of thioether (sulfide) groups is 1. The second-order valence-electron chi connectivity index (χ2n) is 6.73. The van der Waals surface area contributed by atoms with Crippen LogP contribution in [0.2, 0.25) is 0 Å². The molecule has 146 valence electrons. The van der Waals surface area contributed by atoms with E-state index in [9.17, 15) is 4.79 Å². The number of rotatable bonds is 7. The van der Waals surface area contributed by atoms with Crippen molar-refractivity contribution in [1.29, 1.82) is 0 Å². The summed E-state index contributed by atoms with van der Waals surface area (Å²) in [6, 6.07) is 7.28. The van der Waals surface area contributed by atoms with Crippen LogP contribution < -0.4 is 15.8 Å². The van der Waals surface area contributed by atoms with E-state index in [2.05, 4.69) is 16.2 Å². The minimum atomic E-state index is -0.724. The molecule has 0 saturated carbocycles. The summed E-state index contributed by atoms with van der Waals surface area (Å²) in [6.45, 7) is 5.68. The van der Waals surface area contributed by atoms with Crippen LogP contribution >= 0.6 is 24.0 Å². The van der Waals surface area contributed by atoms with Crippen LogP contribution in [0.5, 0.6) is 5.75 Å². The first-order valence-electron chi connectivity index (χ1n) is 8.52. The first kappa shape index (κ1) is 21.7. The number of carbonyl (C=O) groups is 1. The molecule has 0 bridgehead atoms. The molecule has 1 heterocycles. The van der Waals surface area contributed by atoms with Crippen LogP contribution in [0.3, 0.4) is 0 Å². The van der Waals surface area contributed by atoms with Gasteiger partial charge < -0.3 is 15.8 Å². The highest BCUT2D eigenvalue weighted by Gasteiger charge is 2.24. The fourth-order valence-electron chi connectivity index (χ4n) is 2.22. The lowest BCUT2D eigenvalue weighted by molar-refractivity contribution is -0.123. The van der Waals surface area contributed by atoms with E-state index in [1.54, 1.807) is 24.7 Å². The topological polar surface area (TPSA) is 77.2 Å². The van der Waals surface area contributed by atoms with E-state index in [1.807, 2.05) is 39.0 Å². The Morgan fingerprint density at radius 2 is 2.18 bits per heavy atom. The number of terminal acetylenes is 1. The molecule has 1 aromatic heterocycles. The summed E-state index contributed by atoms with van der Waals surface area (Å²) >= 11 is 6.37. The van der Waals surface area contributed by atoms with E-state index in [0.717, 1.165) is 16.5 Å². The van der Waals surface area contributed by atoms with Gasteiger partial charge in [0.2, 0.25) is 5.44 Å². The van der Waals surface area contributed by atoms with Gasteiger partial charge in [0, 0.05) is 28.8 Å². The molecule has 2 rings (SSSR count). The SMILES string of the molecule is C#Cc1cnc2ccc(OC(SC)C(=O)NC=C(C)C(C)(C)C(N)=S)cc2c1. The smallest absolute Gasteiger partial charge is 0.275 e. The summed E-state index contributed by atoms with van der Waals surface area (Å²) in [5.74, 6) is 2.84. The normalized spacial score (nSPS) is 12.9.